The Hall–Kier alpha value is -7.39. The molecule has 9 aromatic rings. The first-order valence-electron chi connectivity index (χ1n) is 16.3. The smallest absolute Gasteiger partial charge is 0.0998 e. The van der Waals surface area contributed by atoms with Crippen molar-refractivity contribution in [1.29, 1.82) is 15.8 Å². The predicted molar refractivity (Wildman–Crippen MR) is 200 cm³/mol. The number of nitrogens with zero attached hydrogens (tertiary/aromatic N) is 5. The molecule has 0 aliphatic rings. The summed E-state index contributed by atoms with van der Waals surface area (Å²) in [5, 5.41) is 33.9. The van der Waals surface area contributed by atoms with Crippen molar-refractivity contribution in [2.75, 3.05) is 0 Å². The zero-order valence-corrected chi connectivity index (χ0v) is 26.7. The maximum Gasteiger partial charge on any atom is 0.0998 e. The SMILES string of the molecule is N#Cc1ccc2c(c1)c1ccc(C#N)cc1n2-c1ccc(-c2ccc(-c3ccccc3-n3c4ccccc4c4ccccc43)cc2)c(C#N)c1. The van der Waals surface area contributed by atoms with Gasteiger partial charge in [0.15, 0.2) is 0 Å². The van der Waals surface area contributed by atoms with Gasteiger partial charge in [0.25, 0.3) is 0 Å². The van der Waals surface area contributed by atoms with E-state index in [4.69, 9.17) is 0 Å². The van der Waals surface area contributed by atoms with E-state index < -0.39 is 0 Å². The van der Waals surface area contributed by atoms with Crippen LogP contribution in [-0.2, 0) is 0 Å². The first-order valence-corrected chi connectivity index (χ1v) is 16.3. The third-order valence-corrected chi connectivity index (χ3v) is 9.64. The molecule has 7 aromatic carbocycles. The lowest BCUT2D eigenvalue weighted by molar-refractivity contribution is 1.17. The van der Waals surface area contributed by atoms with Crippen LogP contribution in [0, 0.1) is 34.0 Å². The lowest BCUT2D eigenvalue weighted by Gasteiger charge is -2.15. The maximum atomic E-state index is 10.4. The van der Waals surface area contributed by atoms with Crippen LogP contribution >= 0.6 is 0 Å². The summed E-state index contributed by atoms with van der Waals surface area (Å²) in [6, 6.07) is 57.9. The monoisotopic (exact) mass is 635 g/mol. The Kier molecular flexibility index (Phi) is 6.56. The molecule has 0 saturated carbocycles. The van der Waals surface area contributed by atoms with E-state index in [9.17, 15) is 15.8 Å². The minimum Gasteiger partial charge on any atom is -0.309 e. The molecule has 0 spiro atoms. The number of hydrogen-bond acceptors (Lipinski definition) is 3. The average molecular weight is 636 g/mol. The standard InChI is InChI=1S/C45H25N5/c46-26-29-14-22-44-40(23-29)39-20-13-30(27-47)24-45(39)49(44)34-19-21-35(33(25-34)28-48)31-15-17-32(18-16-31)36-7-1-4-10-41(36)50-42-11-5-2-8-37(42)38-9-3-6-12-43(38)50/h1-25H. The summed E-state index contributed by atoms with van der Waals surface area (Å²) < 4.78 is 4.40. The molecule has 0 fully saturated rings. The Morgan fingerprint density at radius 1 is 0.380 bits per heavy atom. The zero-order valence-electron chi connectivity index (χ0n) is 26.7. The average Bonchev–Trinajstić information content (AvgIpc) is 3.69. The summed E-state index contributed by atoms with van der Waals surface area (Å²) in [7, 11) is 0. The van der Waals surface area contributed by atoms with Gasteiger partial charge in [-0.25, -0.2) is 0 Å². The summed E-state index contributed by atoms with van der Waals surface area (Å²) in [6.07, 6.45) is 0. The molecule has 0 atom stereocenters. The maximum absolute atomic E-state index is 10.4. The van der Waals surface area contributed by atoms with E-state index in [2.05, 4.69) is 124 Å². The van der Waals surface area contributed by atoms with E-state index in [1.165, 1.54) is 10.8 Å². The van der Waals surface area contributed by atoms with Crippen molar-refractivity contribution in [2.45, 2.75) is 0 Å². The normalized spacial score (nSPS) is 11.1. The van der Waals surface area contributed by atoms with Crippen molar-refractivity contribution in [3.8, 4) is 51.8 Å². The molecule has 2 heterocycles. The summed E-state index contributed by atoms with van der Waals surface area (Å²) in [5.41, 5.74) is 11.6. The topological polar surface area (TPSA) is 81.2 Å². The van der Waals surface area contributed by atoms with Crippen LogP contribution in [0.2, 0.25) is 0 Å². The Morgan fingerprint density at radius 2 is 0.960 bits per heavy atom. The van der Waals surface area contributed by atoms with Crippen LogP contribution in [0.1, 0.15) is 16.7 Å². The van der Waals surface area contributed by atoms with E-state index in [1.807, 2.05) is 42.5 Å². The van der Waals surface area contributed by atoms with Gasteiger partial charge in [-0.3, -0.25) is 0 Å². The molecule has 9 rings (SSSR count). The van der Waals surface area contributed by atoms with Gasteiger partial charge in [-0.15, -0.1) is 0 Å². The molecule has 0 bridgehead atoms. The number of para-hydroxylation sites is 3. The van der Waals surface area contributed by atoms with Crippen LogP contribution in [0.4, 0.5) is 0 Å². The fraction of sp³-hybridized carbons (Fsp3) is 0. The molecule has 50 heavy (non-hydrogen) atoms. The molecule has 0 N–H and O–H groups in total. The molecule has 0 radical (unpaired) electrons. The first kappa shape index (κ1) is 28.8. The van der Waals surface area contributed by atoms with Gasteiger partial charge < -0.3 is 9.13 Å². The molecule has 5 nitrogen and oxygen atoms in total. The Balaban J connectivity index is 1.14. The van der Waals surface area contributed by atoms with Gasteiger partial charge in [0.05, 0.1) is 62.7 Å². The van der Waals surface area contributed by atoms with Gasteiger partial charge in [0.2, 0.25) is 0 Å². The molecule has 0 amide bonds. The van der Waals surface area contributed by atoms with E-state index in [0.717, 1.165) is 66.5 Å². The van der Waals surface area contributed by atoms with Crippen LogP contribution in [0.3, 0.4) is 0 Å². The van der Waals surface area contributed by atoms with Gasteiger partial charge >= 0.3 is 0 Å². The molecule has 2 aromatic heterocycles. The van der Waals surface area contributed by atoms with Crippen molar-refractivity contribution in [3.05, 3.63) is 168 Å². The lowest BCUT2D eigenvalue weighted by Crippen LogP contribution is -1.97. The molecule has 0 aliphatic carbocycles. The highest BCUT2D eigenvalue weighted by molar-refractivity contribution is 6.11. The Bertz CT molecular complexity index is 2900. The second-order valence-electron chi connectivity index (χ2n) is 12.3. The largest absolute Gasteiger partial charge is 0.309 e. The van der Waals surface area contributed by atoms with E-state index in [-0.39, 0.29) is 0 Å². The van der Waals surface area contributed by atoms with E-state index in [1.54, 1.807) is 12.1 Å². The van der Waals surface area contributed by atoms with Crippen molar-refractivity contribution in [1.82, 2.24) is 9.13 Å². The summed E-state index contributed by atoms with van der Waals surface area (Å²) in [6.45, 7) is 0. The summed E-state index contributed by atoms with van der Waals surface area (Å²) >= 11 is 0. The van der Waals surface area contributed by atoms with Crippen molar-refractivity contribution >= 4 is 43.6 Å². The van der Waals surface area contributed by atoms with Crippen molar-refractivity contribution in [3.63, 3.8) is 0 Å². The van der Waals surface area contributed by atoms with Gasteiger partial charge in [-0.2, -0.15) is 15.8 Å². The number of hydrogen-bond donors (Lipinski definition) is 0. The van der Waals surface area contributed by atoms with E-state index in [0.29, 0.717) is 16.7 Å². The quantitative estimate of drug-likeness (QED) is 0.193. The van der Waals surface area contributed by atoms with Crippen molar-refractivity contribution < 1.29 is 0 Å². The molecule has 0 unspecified atom stereocenters. The second-order valence-corrected chi connectivity index (χ2v) is 12.3. The van der Waals surface area contributed by atoms with Gasteiger partial charge in [0.1, 0.15) is 0 Å². The summed E-state index contributed by atoms with van der Waals surface area (Å²) in [4.78, 5) is 0. The predicted octanol–water partition coefficient (Wildman–Crippen LogP) is 10.8. The molecular formula is C45H25N5. The molecule has 0 aliphatic heterocycles. The Morgan fingerprint density at radius 3 is 1.66 bits per heavy atom. The van der Waals surface area contributed by atoms with Gasteiger partial charge in [-0.1, -0.05) is 91.0 Å². The van der Waals surface area contributed by atoms with Crippen LogP contribution in [0.25, 0.3) is 77.2 Å². The zero-order chi connectivity index (χ0) is 33.8. The highest BCUT2D eigenvalue weighted by Gasteiger charge is 2.17. The van der Waals surface area contributed by atoms with Gasteiger partial charge in [0, 0.05) is 32.8 Å². The fourth-order valence-electron chi connectivity index (χ4n) is 7.38. The number of rotatable bonds is 4. The summed E-state index contributed by atoms with van der Waals surface area (Å²) in [5.74, 6) is 0. The molecule has 230 valence electrons. The highest BCUT2D eigenvalue weighted by atomic mass is 15.0. The van der Waals surface area contributed by atoms with Crippen molar-refractivity contribution in [2.24, 2.45) is 0 Å². The Labute approximate surface area is 287 Å². The fourth-order valence-corrected chi connectivity index (χ4v) is 7.38. The number of aromatic nitrogens is 2. The molecule has 5 heteroatoms. The van der Waals surface area contributed by atoms with E-state index >= 15 is 0 Å². The van der Waals surface area contributed by atoms with Gasteiger partial charge in [-0.05, 0) is 77.4 Å². The number of nitriles is 3. The minimum atomic E-state index is 0.541. The lowest BCUT2D eigenvalue weighted by atomic mass is 9.96. The molecule has 0 saturated heterocycles. The number of benzene rings is 7. The van der Waals surface area contributed by atoms with Crippen LogP contribution in [0.15, 0.2) is 152 Å². The highest BCUT2D eigenvalue weighted by Crippen LogP contribution is 2.38. The number of fused-ring (bicyclic) bond motifs is 6. The van der Waals surface area contributed by atoms with Crippen LogP contribution in [-0.4, -0.2) is 9.13 Å². The molecular weight excluding hydrogens is 611 g/mol. The third kappa shape index (κ3) is 4.38. The first-order chi connectivity index (χ1) is 24.7. The minimum absolute atomic E-state index is 0.541. The second kappa shape index (κ2) is 11.4. The third-order valence-electron chi connectivity index (χ3n) is 9.64. The van der Waals surface area contributed by atoms with Crippen LogP contribution in [0.5, 0.6) is 0 Å². The van der Waals surface area contributed by atoms with Crippen LogP contribution < -0.4 is 0 Å².